The van der Waals surface area contributed by atoms with Crippen molar-refractivity contribution in [1.29, 1.82) is 0 Å². The molecular weight excluding hydrogens is 302 g/mol. The molecule has 0 aliphatic carbocycles. The van der Waals surface area contributed by atoms with E-state index in [1.807, 2.05) is 24.3 Å². The van der Waals surface area contributed by atoms with Crippen molar-refractivity contribution in [3.05, 3.63) is 34.3 Å². The normalized spacial score (nSPS) is 21.1. The van der Waals surface area contributed by atoms with Gasteiger partial charge in [0.1, 0.15) is 5.78 Å². The zero-order valence-corrected chi connectivity index (χ0v) is 13.1. The first-order chi connectivity index (χ1) is 9.15. The highest BCUT2D eigenvalue weighted by Crippen LogP contribution is 2.23. The number of hydrogen-bond acceptors (Lipinski definition) is 2. The number of carbonyl (C=O) groups excluding carboxylic acids is 1. The van der Waals surface area contributed by atoms with E-state index in [-0.39, 0.29) is 0 Å². The summed E-state index contributed by atoms with van der Waals surface area (Å²) in [4.78, 5) is 12.1. The van der Waals surface area contributed by atoms with Gasteiger partial charge in [-0.15, -0.1) is 0 Å². The molecule has 0 saturated carbocycles. The molecule has 1 aliphatic rings. The standard InChI is InChI=1S/C16H22BrNO/c1-12(14-5-3-7-18-11-14)8-16(19)10-13-4-2-6-15(17)9-13/h2,4,6,9,12,14,18H,3,5,7-8,10-11H2,1H3. The summed E-state index contributed by atoms with van der Waals surface area (Å²) < 4.78 is 1.04. The second-order valence-corrected chi connectivity index (χ2v) is 6.55. The zero-order chi connectivity index (χ0) is 13.7. The molecule has 104 valence electrons. The molecule has 2 nitrogen and oxygen atoms in total. The maximum Gasteiger partial charge on any atom is 0.137 e. The third-order valence-corrected chi connectivity index (χ3v) is 4.47. The number of nitrogens with one attached hydrogen (secondary N) is 1. The van der Waals surface area contributed by atoms with E-state index in [1.165, 1.54) is 12.8 Å². The second kappa shape index (κ2) is 7.20. The van der Waals surface area contributed by atoms with Crippen LogP contribution in [0.25, 0.3) is 0 Å². The van der Waals surface area contributed by atoms with Crippen molar-refractivity contribution in [2.24, 2.45) is 11.8 Å². The molecule has 19 heavy (non-hydrogen) atoms. The van der Waals surface area contributed by atoms with Gasteiger partial charge in [-0.2, -0.15) is 0 Å². The monoisotopic (exact) mass is 323 g/mol. The molecule has 1 fully saturated rings. The topological polar surface area (TPSA) is 29.1 Å². The zero-order valence-electron chi connectivity index (χ0n) is 11.5. The molecule has 0 aromatic heterocycles. The highest BCUT2D eigenvalue weighted by Gasteiger charge is 2.21. The number of hydrogen-bond donors (Lipinski definition) is 1. The van der Waals surface area contributed by atoms with Crippen molar-refractivity contribution in [3.63, 3.8) is 0 Å². The number of ketones is 1. The lowest BCUT2D eigenvalue weighted by Gasteiger charge is -2.28. The summed E-state index contributed by atoms with van der Waals surface area (Å²) in [5.74, 6) is 1.52. The smallest absolute Gasteiger partial charge is 0.137 e. The summed E-state index contributed by atoms with van der Waals surface area (Å²) in [6.45, 7) is 4.43. The maximum absolute atomic E-state index is 12.1. The summed E-state index contributed by atoms with van der Waals surface area (Å²) in [5.41, 5.74) is 1.10. The van der Waals surface area contributed by atoms with Gasteiger partial charge in [-0.25, -0.2) is 0 Å². The third-order valence-electron chi connectivity index (χ3n) is 3.98. The fourth-order valence-corrected chi connectivity index (χ4v) is 3.28. The van der Waals surface area contributed by atoms with Gasteiger partial charge >= 0.3 is 0 Å². The van der Waals surface area contributed by atoms with Gasteiger partial charge in [0.05, 0.1) is 0 Å². The van der Waals surface area contributed by atoms with E-state index in [2.05, 4.69) is 28.2 Å². The molecule has 1 aromatic carbocycles. The minimum atomic E-state index is 0.358. The van der Waals surface area contributed by atoms with E-state index >= 15 is 0 Å². The predicted octanol–water partition coefficient (Wildman–Crippen LogP) is 3.59. The number of benzene rings is 1. The Kier molecular flexibility index (Phi) is 5.59. The Balaban J connectivity index is 1.83. The highest BCUT2D eigenvalue weighted by molar-refractivity contribution is 9.10. The van der Waals surface area contributed by atoms with Gasteiger partial charge in [-0.05, 0) is 55.5 Å². The Hall–Kier alpha value is -0.670. The van der Waals surface area contributed by atoms with Crippen LogP contribution in [0.1, 0.15) is 31.7 Å². The van der Waals surface area contributed by atoms with Crippen LogP contribution in [0.3, 0.4) is 0 Å². The Morgan fingerprint density at radius 3 is 3.05 bits per heavy atom. The fourth-order valence-electron chi connectivity index (χ4n) is 2.84. The van der Waals surface area contributed by atoms with Crippen LogP contribution in [0.5, 0.6) is 0 Å². The molecule has 2 atom stereocenters. The van der Waals surface area contributed by atoms with Crippen molar-refractivity contribution in [1.82, 2.24) is 5.32 Å². The Bertz CT molecular complexity index is 427. The van der Waals surface area contributed by atoms with Gasteiger partial charge in [-0.3, -0.25) is 4.79 Å². The molecule has 1 saturated heterocycles. The molecular formula is C16H22BrNO. The lowest BCUT2D eigenvalue weighted by molar-refractivity contribution is -0.119. The quantitative estimate of drug-likeness (QED) is 0.897. The first kappa shape index (κ1) is 14.7. The molecule has 2 unspecified atom stereocenters. The minimum absolute atomic E-state index is 0.358. The van der Waals surface area contributed by atoms with Gasteiger partial charge < -0.3 is 5.32 Å². The van der Waals surface area contributed by atoms with Gasteiger partial charge in [0.15, 0.2) is 0 Å². The first-order valence-electron chi connectivity index (χ1n) is 7.12. The molecule has 0 amide bonds. The van der Waals surface area contributed by atoms with E-state index in [4.69, 9.17) is 0 Å². The van der Waals surface area contributed by atoms with Crippen molar-refractivity contribution in [2.75, 3.05) is 13.1 Å². The number of piperidine rings is 1. The average molecular weight is 324 g/mol. The van der Waals surface area contributed by atoms with Crippen LogP contribution < -0.4 is 5.32 Å². The number of rotatable bonds is 5. The van der Waals surface area contributed by atoms with Crippen LogP contribution in [0.2, 0.25) is 0 Å². The van der Waals surface area contributed by atoms with E-state index < -0.39 is 0 Å². The third kappa shape index (κ3) is 4.73. The summed E-state index contributed by atoms with van der Waals surface area (Å²) in [6.07, 6.45) is 3.77. The van der Waals surface area contributed by atoms with Crippen molar-refractivity contribution in [3.8, 4) is 0 Å². The van der Waals surface area contributed by atoms with Gasteiger partial charge in [0.2, 0.25) is 0 Å². The summed E-state index contributed by atoms with van der Waals surface area (Å²) >= 11 is 3.45. The van der Waals surface area contributed by atoms with E-state index in [1.54, 1.807) is 0 Å². The van der Waals surface area contributed by atoms with Crippen LogP contribution in [0.4, 0.5) is 0 Å². The van der Waals surface area contributed by atoms with Crippen LogP contribution in [-0.4, -0.2) is 18.9 Å². The van der Waals surface area contributed by atoms with E-state index in [0.717, 1.165) is 23.1 Å². The second-order valence-electron chi connectivity index (χ2n) is 5.63. The van der Waals surface area contributed by atoms with Crippen LogP contribution in [0, 0.1) is 11.8 Å². The summed E-state index contributed by atoms with van der Waals surface area (Å²) in [5, 5.41) is 3.43. The fraction of sp³-hybridized carbons (Fsp3) is 0.562. The average Bonchev–Trinajstić information content (AvgIpc) is 2.39. The maximum atomic E-state index is 12.1. The SMILES string of the molecule is CC(CC(=O)Cc1cccc(Br)c1)C1CCCNC1. The molecule has 0 radical (unpaired) electrons. The number of Topliss-reactive ketones (excluding diaryl/α,β-unsaturated/α-hetero) is 1. The molecule has 1 aromatic rings. The molecule has 3 heteroatoms. The highest BCUT2D eigenvalue weighted by atomic mass is 79.9. The molecule has 1 heterocycles. The predicted molar refractivity (Wildman–Crippen MR) is 82.2 cm³/mol. The van der Waals surface area contributed by atoms with Crippen LogP contribution in [0.15, 0.2) is 28.7 Å². The summed E-state index contributed by atoms with van der Waals surface area (Å²) in [6, 6.07) is 8.03. The lowest BCUT2D eigenvalue weighted by atomic mass is 9.84. The van der Waals surface area contributed by atoms with Crippen LogP contribution >= 0.6 is 15.9 Å². The van der Waals surface area contributed by atoms with Crippen molar-refractivity contribution in [2.45, 2.75) is 32.6 Å². The van der Waals surface area contributed by atoms with E-state index in [0.29, 0.717) is 30.5 Å². The molecule has 0 spiro atoms. The molecule has 2 rings (SSSR count). The first-order valence-corrected chi connectivity index (χ1v) is 7.91. The lowest BCUT2D eigenvalue weighted by Crippen LogP contribution is -2.34. The van der Waals surface area contributed by atoms with Crippen molar-refractivity contribution >= 4 is 21.7 Å². The number of carbonyl (C=O) groups is 1. The Morgan fingerprint density at radius 1 is 1.53 bits per heavy atom. The van der Waals surface area contributed by atoms with Gasteiger partial charge in [0.25, 0.3) is 0 Å². The molecule has 0 bridgehead atoms. The largest absolute Gasteiger partial charge is 0.316 e. The minimum Gasteiger partial charge on any atom is -0.316 e. The number of halogens is 1. The van der Waals surface area contributed by atoms with Crippen molar-refractivity contribution < 1.29 is 4.79 Å². The van der Waals surface area contributed by atoms with Gasteiger partial charge in [0, 0.05) is 17.3 Å². The summed E-state index contributed by atoms with van der Waals surface area (Å²) in [7, 11) is 0. The molecule has 1 N–H and O–H groups in total. The molecule has 1 aliphatic heterocycles. The Morgan fingerprint density at radius 2 is 2.37 bits per heavy atom. The Labute approximate surface area is 124 Å². The van der Waals surface area contributed by atoms with Gasteiger partial charge in [-0.1, -0.05) is 35.0 Å². The van der Waals surface area contributed by atoms with E-state index in [9.17, 15) is 4.79 Å². The van der Waals surface area contributed by atoms with Crippen LogP contribution in [-0.2, 0) is 11.2 Å².